The van der Waals surface area contributed by atoms with E-state index in [1.807, 2.05) is 0 Å². The largest absolute Gasteiger partial charge is 0.478 e. The molecule has 0 aliphatic heterocycles. The van der Waals surface area contributed by atoms with E-state index in [-0.39, 0.29) is 5.57 Å². The fourth-order valence-corrected chi connectivity index (χ4v) is 1.30. The molecule has 16 heavy (non-hydrogen) atoms. The predicted molar refractivity (Wildman–Crippen MR) is 59.8 cm³/mol. The second-order valence-corrected chi connectivity index (χ2v) is 2.99. The molecule has 1 aromatic carbocycles. The van der Waals surface area contributed by atoms with E-state index in [1.54, 1.807) is 24.3 Å². The summed E-state index contributed by atoms with van der Waals surface area (Å²) in [6.07, 6.45) is 2.15. The first kappa shape index (κ1) is 11.7. The van der Waals surface area contributed by atoms with Gasteiger partial charge in [-0.25, -0.2) is 9.59 Å². The van der Waals surface area contributed by atoms with Gasteiger partial charge < -0.3 is 10.2 Å². The lowest BCUT2D eigenvalue weighted by Gasteiger charge is -2.05. The van der Waals surface area contributed by atoms with Crippen LogP contribution in [0.1, 0.15) is 11.1 Å². The van der Waals surface area contributed by atoms with Crippen LogP contribution in [0.2, 0.25) is 0 Å². The summed E-state index contributed by atoms with van der Waals surface area (Å²) >= 11 is 0. The summed E-state index contributed by atoms with van der Waals surface area (Å²) in [7, 11) is 0. The third kappa shape index (κ3) is 2.57. The Morgan fingerprint density at radius 1 is 1.19 bits per heavy atom. The van der Waals surface area contributed by atoms with E-state index in [1.165, 1.54) is 6.08 Å². The molecule has 0 aliphatic carbocycles. The van der Waals surface area contributed by atoms with Gasteiger partial charge in [0.1, 0.15) is 0 Å². The van der Waals surface area contributed by atoms with E-state index in [2.05, 4.69) is 6.58 Å². The maximum atomic E-state index is 10.9. The van der Waals surface area contributed by atoms with Crippen molar-refractivity contribution >= 4 is 23.6 Å². The molecular formula is C12H10O4. The smallest absolute Gasteiger partial charge is 0.336 e. The second-order valence-electron chi connectivity index (χ2n) is 2.99. The summed E-state index contributed by atoms with van der Waals surface area (Å²) < 4.78 is 0. The normalized spacial score (nSPS) is 10.9. The van der Waals surface area contributed by atoms with Crippen molar-refractivity contribution in [3.63, 3.8) is 0 Å². The standard InChI is InChI=1S/C12H10O4/c1-2-8-5-3-4-6-9(8)10(12(15)16)7-11(13)14/h2-7H,1H2,(H,13,14)(H,15,16)/b10-7+. The molecule has 1 rings (SSSR count). The van der Waals surface area contributed by atoms with Gasteiger partial charge in [0.15, 0.2) is 0 Å². The topological polar surface area (TPSA) is 74.6 Å². The van der Waals surface area contributed by atoms with Gasteiger partial charge in [0.05, 0.1) is 5.57 Å². The average Bonchev–Trinajstić information content (AvgIpc) is 2.25. The molecule has 82 valence electrons. The Labute approximate surface area is 92.2 Å². The van der Waals surface area contributed by atoms with Crippen LogP contribution in [0.4, 0.5) is 0 Å². The highest BCUT2D eigenvalue weighted by Gasteiger charge is 2.14. The fourth-order valence-electron chi connectivity index (χ4n) is 1.30. The van der Waals surface area contributed by atoms with Crippen LogP contribution >= 0.6 is 0 Å². The molecule has 4 nitrogen and oxygen atoms in total. The molecule has 2 N–H and O–H groups in total. The number of benzene rings is 1. The molecule has 0 radical (unpaired) electrons. The number of carbonyl (C=O) groups is 2. The molecule has 0 aliphatic rings. The molecule has 0 saturated carbocycles. The second kappa shape index (κ2) is 4.93. The summed E-state index contributed by atoms with van der Waals surface area (Å²) in [5.41, 5.74) is 0.660. The first-order valence-electron chi connectivity index (χ1n) is 4.46. The van der Waals surface area contributed by atoms with Gasteiger partial charge in [0.25, 0.3) is 0 Å². The van der Waals surface area contributed by atoms with E-state index < -0.39 is 11.9 Å². The number of rotatable bonds is 4. The third-order valence-electron chi connectivity index (χ3n) is 1.97. The van der Waals surface area contributed by atoms with Gasteiger partial charge in [-0.2, -0.15) is 0 Å². The zero-order valence-electron chi connectivity index (χ0n) is 8.38. The molecule has 0 amide bonds. The highest BCUT2D eigenvalue weighted by Crippen LogP contribution is 2.20. The minimum Gasteiger partial charge on any atom is -0.478 e. The highest BCUT2D eigenvalue weighted by molar-refractivity contribution is 6.20. The summed E-state index contributed by atoms with van der Waals surface area (Å²) in [4.78, 5) is 21.5. The summed E-state index contributed by atoms with van der Waals surface area (Å²) in [6.45, 7) is 3.54. The van der Waals surface area contributed by atoms with Gasteiger partial charge >= 0.3 is 11.9 Å². The number of aliphatic carboxylic acids is 2. The number of hydrogen-bond donors (Lipinski definition) is 2. The van der Waals surface area contributed by atoms with Crippen LogP contribution in [0, 0.1) is 0 Å². The third-order valence-corrected chi connectivity index (χ3v) is 1.97. The quantitative estimate of drug-likeness (QED) is 0.756. The molecule has 0 bridgehead atoms. The molecule has 0 saturated heterocycles. The summed E-state index contributed by atoms with van der Waals surface area (Å²) in [5.74, 6) is -2.58. The van der Waals surface area contributed by atoms with Crippen LogP contribution in [-0.2, 0) is 9.59 Å². The van der Waals surface area contributed by atoms with Crippen molar-refractivity contribution in [3.05, 3.63) is 48.0 Å². The maximum Gasteiger partial charge on any atom is 0.336 e. The van der Waals surface area contributed by atoms with Crippen molar-refractivity contribution in [3.8, 4) is 0 Å². The van der Waals surface area contributed by atoms with Crippen LogP contribution in [0.5, 0.6) is 0 Å². The number of carboxylic acids is 2. The van der Waals surface area contributed by atoms with Gasteiger partial charge in [-0.15, -0.1) is 0 Å². The van der Waals surface area contributed by atoms with Gasteiger partial charge in [-0.1, -0.05) is 36.9 Å². The Bertz CT molecular complexity index is 472. The van der Waals surface area contributed by atoms with E-state index in [0.717, 1.165) is 0 Å². The van der Waals surface area contributed by atoms with Gasteiger partial charge in [-0.3, -0.25) is 0 Å². The Morgan fingerprint density at radius 3 is 2.31 bits per heavy atom. The summed E-state index contributed by atoms with van der Waals surface area (Å²) in [6, 6.07) is 6.57. The van der Waals surface area contributed by atoms with Crippen molar-refractivity contribution in [1.29, 1.82) is 0 Å². The van der Waals surface area contributed by atoms with Gasteiger partial charge in [0.2, 0.25) is 0 Å². The first-order valence-corrected chi connectivity index (χ1v) is 4.46. The van der Waals surface area contributed by atoms with Crippen LogP contribution in [0.15, 0.2) is 36.9 Å². The number of carboxylic acid groups (broad SMARTS) is 2. The van der Waals surface area contributed by atoms with Crippen LogP contribution < -0.4 is 0 Å². The Morgan fingerprint density at radius 2 is 1.81 bits per heavy atom. The van der Waals surface area contributed by atoms with Crippen molar-refractivity contribution in [1.82, 2.24) is 0 Å². The summed E-state index contributed by atoms with van der Waals surface area (Å²) in [5, 5.41) is 17.5. The van der Waals surface area contributed by atoms with Crippen molar-refractivity contribution in [2.75, 3.05) is 0 Å². The molecular weight excluding hydrogens is 208 g/mol. The van der Waals surface area contributed by atoms with Crippen LogP contribution in [-0.4, -0.2) is 22.2 Å². The van der Waals surface area contributed by atoms with Crippen molar-refractivity contribution in [2.24, 2.45) is 0 Å². The molecule has 0 fully saturated rings. The van der Waals surface area contributed by atoms with E-state index in [4.69, 9.17) is 10.2 Å². The monoisotopic (exact) mass is 218 g/mol. The fraction of sp³-hybridized carbons (Fsp3) is 0. The zero-order chi connectivity index (χ0) is 12.1. The van der Waals surface area contributed by atoms with Crippen LogP contribution in [0.25, 0.3) is 11.6 Å². The van der Waals surface area contributed by atoms with Gasteiger partial charge in [0, 0.05) is 6.08 Å². The Kier molecular flexibility index (Phi) is 3.61. The highest BCUT2D eigenvalue weighted by atomic mass is 16.4. The molecule has 0 atom stereocenters. The maximum absolute atomic E-state index is 10.9. The molecule has 4 heteroatoms. The van der Waals surface area contributed by atoms with Crippen molar-refractivity contribution in [2.45, 2.75) is 0 Å². The van der Waals surface area contributed by atoms with Gasteiger partial charge in [-0.05, 0) is 11.1 Å². The molecule has 0 unspecified atom stereocenters. The lowest BCUT2D eigenvalue weighted by molar-refractivity contribution is -0.133. The SMILES string of the molecule is C=Cc1ccccc1/C(=C\C(=O)O)C(=O)O. The molecule has 0 heterocycles. The molecule has 0 spiro atoms. The number of hydrogen-bond acceptors (Lipinski definition) is 2. The zero-order valence-corrected chi connectivity index (χ0v) is 8.38. The van der Waals surface area contributed by atoms with E-state index in [0.29, 0.717) is 17.2 Å². The minimum atomic E-state index is -1.30. The Hall–Kier alpha value is -2.36. The van der Waals surface area contributed by atoms with Crippen LogP contribution in [0.3, 0.4) is 0 Å². The lowest BCUT2D eigenvalue weighted by atomic mass is 9.99. The lowest BCUT2D eigenvalue weighted by Crippen LogP contribution is -2.04. The van der Waals surface area contributed by atoms with E-state index in [9.17, 15) is 9.59 Å². The molecule has 1 aromatic rings. The average molecular weight is 218 g/mol. The van der Waals surface area contributed by atoms with Crippen molar-refractivity contribution < 1.29 is 19.8 Å². The van der Waals surface area contributed by atoms with E-state index >= 15 is 0 Å². The molecule has 0 aromatic heterocycles. The Balaban J connectivity index is 3.37. The predicted octanol–water partition coefficient (Wildman–Crippen LogP) is 1.88. The first-order chi connectivity index (χ1) is 7.56. The minimum absolute atomic E-state index is 0.261.